The molecular formula is C7H12F3N3O2S. The summed E-state index contributed by atoms with van der Waals surface area (Å²) in [6.45, 7) is -0.0143. The van der Waals surface area contributed by atoms with Gasteiger partial charge in [0.1, 0.15) is 6.54 Å². The predicted octanol–water partition coefficient (Wildman–Crippen LogP) is 0.665. The Balaban J connectivity index is 4.30. The number of hydrogen-bond acceptors (Lipinski definition) is 3. The van der Waals surface area contributed by atoms with Crippen molar-refractivity contribution >= 4 is 10.2 Å². The summed E-state index contributed by atoms with van der Waals surface area (Å²) >= 11 is 0. The van der Waals surface area contributed by atoms with Gasteiger partial charge in [-0.05, 0) is 6.42 Å². The summed E-state index contributed by atoms with van der Waals surface area (Å²) in [5.74, 6) is 0. The summed E-state index contributed by atoms with van der Waals surface area (Å²) in [6, 6.07) is 1.05. The van der Waals surface area contributed by atoms with E-state index in [1.807, 2.05) is 4.72 Å². The van der Waals surface area contributed by atoms with Crippen LogP contribution in [0.15, 0.2) is 0 Å². The van der Waals surface area contributed by atoms with Gasteiger partial charge in [-0.1, -0.05) is 6.92 Å². The maximum Gasteiger partial charge on any atom is 0.402 e. The summed E-state index contributed by atoms with van der Waals surface area (Å²) in [6.07, 6.45) is -4.38. The normalized spacial score (nSPS) is 14.4. The minimum Gasteiger partial charge on any atom is -0.198 e. The fourth-order valence-electron chi connectivity index (χ4n) is 0.817. The van der Waals surface area contributed by atoms with Crippen molar-refractivity contribution in [3.8, 4) is 6.07 Å². The van der Waals surface area contributed by atoms with Crippen LogP contribution in [0.1, 0.15) is 19.8 Å². The Kier molecular flexibility index (Phi) is 5.71. The van der Waals surface area contributed by atoms with Crippen molar-refractivity contribution in [3.63, 3.8) is 0 Å². The third kappa shape index (κ3) is 7.44. The third-order valence-electron chi connectivity index (χ3n) is 1.61. The third-order valence-corrected chi connectivity index (χ3v) is 2.78. The van der Waals surface area contributed by atoms with E-state index in [0.29, 0.717) is 6.42 Å². The van der Waals surface area contributed by atoms with E-state index in [4.69, 9.17) is 5.26 Å². The Morgan fingerprint density at radius 2 is 2.00 bits per heavy atom. The highest BCUT2D eigenvalue weighted by Crippen LogP contribution is 2.12. The lowest BCUT2D eigenvalue weighted by Crippen LogP contribution is -2.45. The Bertz CT molecular complexity index is 347. The van der Waals surface area contributed by atoms with Gasteiger partial charge in [-0.2, -0.15) is 36.3 Å². The molecule has 0 aromatic heterocycles. The molecule has 0 aromatic rings. The van der Waals surface area contributed by atoms with Crippen LogP contribution in [0.4, 0.5) is 13.2 Å². The molecule has 1 unspecified atom stereocenters. The van der Waals surface area contributed by atoms with E-state index < -0.39 is 29.0 Å². The van der Waals surface area contributed by atoms with E-state index >= 15 is 0 Å². The van der Waals surface area contributed by atoms with Crippen LogP contribution in [-0.4, -0.2) is 27.2 Å². The van der Waals surface area contributed by atoms with Gasteiger partial charge in [0.05, 0.1) is 12.5 Å². The van der Waals surface area contributed by atoms with Crippen molar-refractivity contribution < 1.29 is 21.6 Å². The van der Waals surface area contributed by atoms with Crippen molar-refractivity contribution in [3.05, 3.63) is 0 Å². The highest BCUT2D eigenvalue weighted by Gasteiger charge is 2.29. The minimum atomic E-state index is -4.61. The number of rotatable bonds is 6. The first-order valence-corrected chi connectivity index (χ1v) is 5.89. The molecular weight excluding hydrogens is 247 g/mol. The topological polar surface area (TPSA) is 82.0 Å². The molecule has 2 N–H and O–H groups in total. The SMILES string of the molecule is CCC(CC#N)NS(=O)(=O)NCC(F)(F)F. The number of nitrogens with one attached hydrogen (secondary N) is 2. The zero-order valence-electron chi connectivity index (χ0n) is 8.50. The van der Waals surface area contributed by atoms with Crippen molar-refractivity contribution in [2.45, 2.75) is 32.0 Å². The Morgan fingerprint density at radius 1 is 1.44 bits per heavy atom. The number of nitrogens with zero attached hydrogens (tertiary/aromatic N) is 1. The lowest BCUT2D eigenvalue weighted by Gasteiger charge is -2.15. The molecule has 16 heavy (non-hydrogen) atoms. The molecule has 0 aliphatic rings. The molecule has 0 aromatic carbocycles. The lowest BCUT2D eigenvalue weighted by atomic mass is 10.2. The molecule has 9 heteroatoms. The number of halogens is 3. The van der Waals surface area contributed by atoms with Gasteiger partial charge in [0.25, 0.3) is 10.2 Å². The largest absolute Gasteiger partial charge is 0.402 e. The number of hydrogen-bond donors (Lipinski definition) is 2. The van der Waals surface area contributed by atoms with Crippen LogP contribution in [0.25, 0.3) is 0 Å². The van der Waals surface area contributed by atoms with E-state index in [0.717, 1.165) is 0 Å². The number of alkyl halides is 3. The molecule has 0 rings (SSSR count). The second-order valence-corrected chi connectivity index (χ2v) is 4.56. The van der Waals surface area contributed by atoms with Crippen LogP contribution in [0.5, 0.6) is 0 Å². The van der Waals surface area contributed by atoms with Crippen LogP contribution >= 0.6 is 0 Å². The molecule has 5 nitrogen and oxygen atoms in total. The van der Waals surface area contributed by atoms with E-state index in [2.05, 4.69) is 0 Å². The first-order chi connectivity index (χ1) is 7.20. The molecule has 1 atom stereocenters. The molecule has 0 spiro atoms. The second-order valence-electron chi connectivity index (χ2n) is 3.02. The maximum absolute atomic E-state index is 11.7. The minimum absolute atomic E-state index is 0.0938. The van der Waals surface area contributed by atoms with E-state index in [1.165, 1.54) is 4.72 Å². The maximum atomic E-state index is 11.7. The smallest absolute Gasteiger partial charge is 0.198 e. The molecule has 0 saturated carbocycles. The first-order valence-electron chi connectivity index (χ1n) is 4.41. The highest BCUT2D eigenvalue weighted by atomic mass is 32.2. The van der Waals surface area contributed by atoms with E-state index in [-0.39, 0.29) is 6.42 Å². The molecule has 0 aliphatic carbocycles. The summed E-state index contributed by atoms with van der Waals surface area (Å²) in [5.41, 5.74) is 0. The fraction of sp³-hybridized carbons (Fsp3) is 0.857. The molecule has 0 heterocycles. The fourth-order valence-corrected chi connectivity index (χ4v) is 1.94. The molecule has 0 radical (unpaired) electrons. The standard InChI is InChI=1S/C7H12F3N3O2S/c1-2-6(3-4-11)13-16(14,15)12-5-7(8,9)10/h6,12-13H,2-3,5H2,1H3. The molecule has 0 amide bonds. The van der Waals surface area contributed by atoms with Crippen LogP contribution in [0.3, 0.4) is 0 Å². The summed E-state index contributed by atoms with van der Waals surface area (Å²) in [7, 11) is -4.22. The van der Waals surface area contributed by atoms with Crippen LogP contribution in [-0.2, 0) is 10.2 Å². The van der Waals surface area contributed by atoms with Crippen LogP contribution in [0.2, 0.25) is 0 Å². The van der Waals surface area contributed by atoms with E-state index in [1.54, 1.807) is 13.0 Å². The van der Waals surface area contributed by atoms with Gasteiger partial charge in [-0.15, -0.1) is 0 Å². The summed E-state index contributed by atoms with van der Waals surface area (Å²) in [5, 5.41) is 8.34. The monoisotopic (exact) mass is 259 g/mol. The Hall–Kier alpha value is -0.850. The van der Waals surface area contributed by atoms with Crippen LogP contribution < -0.4 is 9.44 Å². The first kappa shape index (κ1) is 15.2. The van der Waals surface area contributed by atoms with Crippen molar-refractivity contribution in [1.29, 1.82) is 5.26 Å². The van der Waals surface area contributed by atoms with Crippen molar-refractivity contribution in [2.24, 2.45) is 0 Å². The lowest BCUT2D eigenvalue weighted by molar-refractivity contribution is -0.121. The molecule has 94 valence electrons. The zero-order valence-corrected chi connectivity index (χ0v) is 9.32. The second kappa shape index (κ2) is 6.03. The summed E-state index contributed by atoms with van der Waals surface area (Å²) in [4.78, 5) is 0. The summed E-state index contributed by atoms with van der Waals surface area (Å²) < 4.78 is 60.7. The quantitative estimate of drug-likeness (QED) is 0.735. The average molecular weight is 259 g/mol. The molecule has 0 aliphatic heterocycles. The number of nitriles is 1. The van der Waals surface area contributed by atoms with Gasteiger partial charge in [-0.3, -0.25) is 0 Å². The molecule has 0 fully saturated rings. The van der Waals surface area contributed by atoms with Gasteiger partial charge in [-0.25, -0.2) is 0 Å². The van der Waals surface area contributed by atoms with Gasteiger partial charge < -0.3 is 0 Å². The zero-order chi connectivity index (χ0) is 12.8. The van der Waals surface area contributed by atoms with Crippen LogP contribution in [0, 0.1) is 11.3 Å². The Morgan fingerprint density at radius 3 is 2.38 bits per heavy atom. The molecule has 0 saturated heterocycles. The van der Waals surface area contributed by atoms with E-state index in [9.17, 15) is 21.6 Å². The van der Waals surface area contributed by atoms with Gasteiger partial charge in [0, 0.05) is 6.04 Å². The predicted molar refractivity (Wildman–Crippen MR) is 50.4 cm³/mol. The molecule has 0 bridgehead atoms. The highest BCUT2D eigenvalue weighted by molar-refractivity contribution is 7.87. The van der Waals surface area contributed by atoms with Gasteiger partial charge in [0.15, 0.2) is 0 Å². The average Bonchev–Trinajstić information content (AvgIpc) is 2.13. The van der Waals surface area contributed by atoms with Gasteiger partial charge in [0.2, 0.25) is 0 Å². The van der Waals surface area contributed by atoms with Gasteiger partial charge >= 0.3 is 6.18 Å². The Labute approximate surface area is 91.8 Å². The van der Waals surface area contributed by atoms with Crippen molar-refractivity contribution in [1.82, 2.24) is 9.44 Å². The van der Waals surface area contributed by atoms with Crippen molar-refractivity contribution in [2.75, 3.05) is 6.54 Å².